The van der Waals surface area contributed by atoms with E-state index in [0.29, 0.717) is 36.6 Å². The number of carbonyl (C=O) groups excluding carboxylic acids is 3. The van der Waals surface area contributed by atoms with E-state index in [4.69, 9.17) is 4.74 Å². The summed E-state index contributed by atoms with van der Waals surface area (Å²) >= 11 is 0. The van der Waals surface area contributed by atoms with Crippen LogP contribution in [-0.2, 0) is 9.59 Å². The Kier molecular flexibility index (Phi) is 7.75. The number of nitrogens with zero attached hydrogens (tertiary/aromatic N) is 2. The molecule has 3 rings (SSSR count). The van der Waals surface area contributed by atoms with Crippen molar-refractivity contribution in [3.8, 4) is 5.75 Å². The molecule has 0 bridgehead atoms. The Hall–Kier alpha value is -3.06. The van der Waals surface area contributed by atoms with Crippen molar-refractivity contribution in [1.29, 1.82) is 0 Å². The summed E-state index contributed by atoms with van der Waals surface area (Å²) in [6.07, 6.45) is 0. The first-order valence-corrected chi connectivity index (χ1v) is 11.0. The number of carbonyl (C=O) groups is 3. The van der Waals surface area contributed by atoms with Crippen molar-refractivity contribution in [2.75, 3.05) is 32.8 Å². The summed E-state index contributed by atoms with van der Waals surface area (Å²) in [5.41, 5.74) is 0.895. The van der Waals surface area contributed by atoms with Crippen LogP contribution in [0.3, 0.4) is 0 Å². The molecule has 32 heavy (non-hydrogen) atoms. The summed E-state index contributed by atoms with van der Waals surface area (Å²) in [6.45, 7) is 8.91. The lowest BCUT2D eigenvalue weighted by molar-refractivity contribution is -0.140. The number of hydrogen-bond acceptors (Lipinski definition) is 5. The lowest BCUT2D eigenvalue weighted by Crippen LogP contribution is -2.38. The molecule has 1 heterocycles. The van der Waals surface area contributed by atoms with Crippen molar-refractivity contribution >= 4 is 17.5 Å². The standard InChI is InChI=1S/C25H29FN2O4/c1-4-27(5-2)15-16-28-22(17-7-11-19(26)12-8-17)21(24(30)25(28)31)23(29)18-9-13-20(14-10-18)32-6-3/h7-14,21-22H,4-6,15-16H2,1-3H3. The highest BCUT2D eigenvalue weighted by Gasteiger charge is 2.51. The number of benzene rings is 2. The maximum atomic E-state index is 13.6. The number of likely N-dealkylation sites (N-methyl/N-ethyl adjacent to an activating group) is 1. The lowest BCUT2D eigenvalue weighted by Gasteiger charge is -2.29. The number of likely N-dealkylation sites (tertiary alicyclic amines) is 1. The van der Waals surface area contributed by atoms with Crippen LogP contribution in [0, 0.1) is 11.7 Å². The van der Waals surface area contributed by atoms with Gasteiger partial charge in [0, 0.05) is 18.7 Å². The maximum Gasteiger partial charge on any atom is 0.291 e. The van der Waals surface area contributed by atoms with Gasteiger partial charge in [0.15, 0.2) is 5.78 Å². The molecule has 6 nitrogen and oxygen atoms in total. The van der Waals surface area contributed by atoms with Crippen LogP contribution >= 0.6 is 0 Å². The third-order valence-corrected chi connectivity index (χ3v) is 5.90. The fraction of sp³-hybridized carbons (Fsp3) is 0.400. The fourth-order valence-electron chi connectivity index (χ4n) is 4.11. The van der Waals surface area contributed by atoms with Gasteiger partial charge in [-0.2, -0.15) is 0 Å². The minimum atomic E-state index is -1.18. The van der Waals surface area contributed by atoms with Gasteiger partial charge in [-0.15, -0.1) is 0 Å². The smallest absolute Gasteiger partial charge is 0.291 e. The largest absolute Gasteiger partial charge is 0.494 e. The summed E-state index contributed by atoms with van der Waals surface area (Å²) < 4.78 is 19.0. The van der Waals surface area contributed by atoms with Gasteiger partial charge in [0.2, 0.25) is 5.78 Å². The highest BCUT2D eigenvalue weighted by atomic mass is 19.1. The van der Waals surface area contributed by atoms with Crippen LogP contribution in [0.5, 0.6) is 5.75 Å². The van der Waals surface area contributed by atoms with E-state index in [0.717, 1.165) is 13.1 Å². The number of ketones is 2. The van der Waals surface area contributed by atoms with Crippen LogP contribution in [0.25, 0.3) is 0 Å². The molecule has 1 aliphatic rings. The Labute approximate surface area is 188 Å². The van der Waals surface area contributed by atoms with Crippen molar-refractivity contribution in [1.82, 2.24) is 9.80 Å². The monoisotopic (exact) mass is 440 g/mol. The number of halogens is 1. The number of rotatable bonds is 10. The molecular formula is C25H29FN2O4. The van der Waals surface area contributed by atoms with E-state index < -0.39 is 35.3 Å². The molecule has 0 spiro atoms. The van der Waals surface area contributed by atoms with Gasteiger partial charge in [-0.05, 0) is 62.0 Å². The Morgan fingerprint density at radius 3 is 2.19 bits per heavy atom. The summed E-state index contributed by atoms with van der Waals surface area (Å²) in [7, 11) is 0. The van der Waals surface area contributed by atoms with E-state index in [9.17, 15) is 18.8 Å². The molecule has 1 saturated heterocycles. The van der Waals surface area contributed by atoms with Gasteiger partial charge in [-0.25, -0.2) is 4.39 Å². The molecule has 7 heteroatoms. The summed E-state index contributed by atoms with van der Waals surface area (Å²) in [6, 6.07) is 11.4. The fourth-order valence-corrected chi connectivity index (χ4v) is 4.11. The number of ether oxygens (including phenoxy) is 1. The number of Topliss-reactive ketones (excluding diaryl/α,β-unsaturated/α-hetero) is 2. The van der Waals surface area contributed by atoms with Crippen LogP contribution < -0.4 is 4.74 Å². The van der Waals surface area contributed by atoms with Crippen molar-refractivity contribution < 1.29 is 23.5 Å². The van der Waals surface area contributed by atoms with Gasteiger partial charge in [-0.3, -0.25) is 14.4 Å². The van der Waals surface area contributed by atoms with E-state index >= 15 is 0 Å². The summed E-state index contributed by atoms with van der Waals surface area (Å²) in [4.78, 5) is 42.9. The highest BCUT2D eigenvalue weighted by Crippen LogP contribution is 2.38. The minimum Gasteiger partial charge on any atom is -0.494 e. The number of amides is 1. The predicted molar refractivity (Wildman–Crippen MR) is 119 cm³/mol. The van der Waals surface area contributed by atoms with Gasteiger partial charge in [0.1, 0.15) is 17.5 Å². The second-order valence-corrected chi connectivity index (χ2v) is 7.69. The van der Waals surface area contributed by atoms with Gasteiger partial charge >= 0.3 is 0 Å². The van der Waals surface area contributed by atoms with Gasteiger partial charge < -0.3 is 14.5 Å². The van der Waals surface area contributed by atoms with Crippen molar-refractivity contribution in [3.05, 3.63) is 65.5 Å². The Balaban J connectivity index is 1.96. The summed E-state index contributed by atoms with van der Waals surface area (Å²) in [5, 5.41) is 0. The molecule has 2 atom stereocenters. The molecule has 1 fully saturated rings. The van der Waals surface area contributed by atoms with Crippen LogP contribution in [-0.4, -0.2) is 60.1 Å². The van der Waals surface area contributed by atoms with Crippen molar-refractivity contribution in [3.63, 3.8) is 0 Å². The first-order chi connectivity index (χ1) is 15.4. The molecular weight excluding hydrogens is 411 g/mol. The highest BCUT2D eigenvalue weighted by molar-refractivity contribution is 6.44. The molecule has 2 unspecified atom stereocenters. The third kappa shape index (κ3) is 4.88. The van der Waals surface area contributed by atoms with Gasteiger partial charge in [0.25, 0.3) is 5.91 Å². The zero-order valence-corrected chi connectivity index (χ0v) is 18.7. The quantitative estimate of drug-likeness (QED) is 0.321. The van der Waals surface area contributed by atoms with Gasteiger partial charge in [-0.1, -0.05) is 26.0 Å². The molecule has 0 radical (unpaired) electrons. The van der Waals surface area contributed by atoms with E-state index in [1.807, 2.05) is 20.8 Å². The van der Waals surface area contributed by atoms with E-state index in [2.05, 4.69) is 4.90 Å². The number of hydrogen-bond donors (Lipinski definition) is 0. The van der Waals surface area contributed by atoms with E-state index in [1.54, 1.807) is 24.3 Å². The molecule has 170 valence electrons. The van der Waals surface area contributed by atoms with E-state index in [-0.39, 0.29) is 0 Å². The minimum absolute atomic E-state index is 0.307. The van der Waals surface area contributed by atoms with Crippen LogP contribution in [0.15, 0.2) is 48.5 Å². The van der Waals surface area contributed by atoms with Crippen LogP contribution in [0.4, 0.5) is 4.39 Å². The van der Waals surface area contributed by atoms with Crippen molar-refractivity contribution in [2.24, 2.45) is 5.92 Å². The predicted octanol–water partition coefficient (Wildman–Crippen LogP) is 3.52. The van der Waals surface area contributed by atoms with E-state index in [1.165, 1.54) is 29.2 Å². The molecule has 0 N–H and O–H groups in total. The molecule has 0 aromatic heterocycles. The average Bonchev–Trinajstić information content (AvgIpc) is 3.05. The Bertz CT molecular complexity index is 955. The second-order valence-electron chi connectivity index (χ2n) is 7.69. The van der Waals surface area contributed by atoms with Crippen molar-refractivity contribution in [2.45, 2.75) is 26.8 Å². The average molecular weight is 441 g/mol. The first-order valence-electron chi connectivity index (χ1n) is 11.0. The topological polar surface area (TPSA) is 66.9 Å². The molecule has 1 amide bonds. The zero-order chi connectivity index (χ0) is 23.3. The molecule has 2 aromatic rings. The van der Waals surface area contributed by atoms with Gasteiger partial charge in [0.05, 0.1) is 12.6 Å². The summed E-state index contributed by atoms with van der Waals surface area (Å²) in [5.74, 6) is -2.80. The second kappa shape index (κ2) is 10.5. The molecule has 2 aromatic carbocycles. The molecule has 0 saturated carbocycles. The van der Waals surface area contributed by atoms with Crippen LogP contribution in [0.1, 0.15) is 42.7 Å². The maximum absolute atomic E-state index is 13.6. The molecule has 0 aliphatic carbocycles. The Morgan fingerprint density at radius 2 is 1.62 bits per heavy atom. The molecule has 1 aliphatic heterocycles. The Morgan fingerprint density at radius 1 is 1.00 bits per heavy atom. The normalized spacial score (nSPS) is 18.5. The lowest BCUT2D eigenvalue weighted by atomic mass is 9.86. The SMILES string of the molecule is CCOc1ccc(C(=O)C2C(=O)C(=O)N(CCN(CC)CC)C2c2ccc(F)cc2)cc1. The van der Waals surface area contributed by atoms with Crippen LogP contribution in [0.2, 0.25) is 0 Å². The zero-order valence-electron chi connectivity index (χ0n) is 18.7. The third-order valence-electron chi connectivity index (χ3n) is 5.90. The first kappa shape index (κ1) is 23.6.